The molecule has 1 aliphatic rings. The van der Waals surface area contributed by atoms with E-state index in [1.807, 2.05) is 0 Å². The molecule has 118 valence electrons. The number of nitrogens with one attached hydrogen (secondary N) is 2. The summed E-state index contributed by atoms with van der Waals surface area (Å²) in [5.74, 6) is 0.891. The lowest BCUT2D eigenvalue weighted by molar-refractivity contribution is 0.0241. The van der Waals surface area contributed by atoms with Gasteiger partial charge in [-0.2, -0.15) is 0 Å². The van der Waals surface area contributed by atoms with Gasteiger partial charge in [-0.25, -0.2) is 0 Å². The molecule has 4 nitrogen and oxygen atoms in total. The lowest BCUT2D eigenvalue weighted by Crippen LogP contribution is -2.43. The molecule has 0 bridgehead atoms. The normalized spacial score (nSPS) is 17.8. The van der Waals surface area contributed by atoms with E-state index in [0.29, 0.717) is 12.6 Å². The third-order valence-electron chi connectivity index (χ3n) is 3.36. The minimum Gasteiger partial charge on any atom is -0.379 e. The number of hydrogen-bond donors (Lipinski definition) is 2. The molecule has 1 atom stereocenters. The Morgan fingerprint density at radius 2 is 1.95 bits per heavy atom. The van der Waals surface area contributed by atoms with E-state index in [9.17, 15) is 0 Å². The van der Waals surface area contributed by atoms with Crippen molar-refractivity contribution in [2.24, 2.45) is 10.4 Å². The van der Waals surface area contributed by atoms with Crippen LogP contribution in [0.4, 0.5) is 0 Å². The van der Waals surface area contributed by atoms with Crippen LogP contribution in [0.2, 0.25) is 0 Å². The smallest absolute Gasteiger partial charge is 0.191 e. The average molecular weight is 395 g/mol. The van der Waals surface area contributed by atoms with Gasteiger partial charge in [-0.1, -0.05) is 32.9 Å². The number of halogens is 1. The zero-order chi connectivity index (χ0) is 14.3. The van der Waals surface area contributed by atoms with Crippen molar-refractivity contribution < 1.29 is 4.74 Å². The van der Waals surface area contributed by atoms with E-state index < -0.39 is 0 Å². The minimum atomic E-state index is 0. The Kier molecular flexibility index (Phi) is 9.46. The van der Waals surface area contributed by atoms with Gasteiger partial charge in [0.2, 0.25) is 0 Å². The molecule has 1 aliphatic carbocycles. The van der Waals surface area contributed by atoms with Gasteiger partial charge >= 0.3 is 0 Å². The van der Waals surface area contributed by atoms with Crippen molar-refractivity contribution in [3.8, 4) is 0 Å². The van der Waals surface area contributed by atoms with Gasteiger partial charge in [-0.05, 0) is 25.2 Å². The Labute approximate surface area is 140 Å². The van der Waals surface area contributed by atoms with Crippen LogP contribution in [0.15, 0.2) is 17.1 Å². The van der Waals surface area contributed by atoms with Crippen molar-refractivity contribution in [3.05, 3.63) is 12.2 Å². The second-order valence-electron chi connectivity index (χ2n) is 6.09. The van der Waals surface area contributed by atoms with Crippen LogP contribution in [0.3, 0.4) is 0 Å². The summed E-state index contributed by atoms with van der Waals surface area (Å²) in [5, 5.41) is 6.76. The number of hydrogen-bond acceptors (Lipinski definition) is 2. The molecule has 0 spiro atoms. The van der Waals surface area contributed by atoms with E-state index in [1.54, 1.807) is 7.11 Å². The molecule has 0 amide bonds. The molecular formula is C15H30IN3O. The minimum absolute atomic E-state index is 0. The fourth-order valence-corrected chi connectivity index (χ4v) is 2.12. The number of methoxy groups -OCH3 is 1. The van der Waals surface area contributed by atoms with Crippen LogP contribution in [0.1, 0.15) is 40.5 Å². The number of ether oxygens (including phenoxy) is 1. The number of guanidine groups is 1. The van der Waals surface area contributed by atoms with Crippen molar-refractivity contribution in [2.75, 3.05) is 20.2 Å². The van der Waals surface area contributed by atoms with Gasteiger partial charge in [0.15, 0.2) is 5.96 Å². The molecule has 0 aliphatic heterocycles. The summed E-state index contributed by atoms with van der Waals surface area (Å²) in [6.07, 6.45) is 6.72. The fourth-order valence-electron chi connectivity index (χ4n) is 2.12. The standard InChI is InChI=1S/C15H29N3O.HI/c1-6-16-14(18-12-9-7-8-10-12)17-11-13(19-5)15(2,3)4;/h7-8,12-13H,6,9-11H2,1-5H3,(H2,16,17,18);1H. The van der Waals surface area contributed by atoms with Crippen molar-refractivity contribution in [1.82, 2.24) is 10.6 Å². The lowest BCUT2D eigenvalue weighted by Gasteiger charge is -2.28. The van der Waals surface area contributed by atoms with E-state index in [-0.39, 0.29) is 35.5 Å². The third-order valence-corrected chi connectivity index (χ3v) is 3.36. The SMILES string of the molecule is CCNC(=NCC(OC)C(C)(C)C)NC1CC=CC1.I. The highest BCUT2D eigenvalue weighted by Crippen LogP contribution is 2.21. The van der Waals surface area contributed by atoms with Crippen LogP contribution in [0, 0.1) is 5.41 Å². The Balaban J connectivity index is 0.00000361. The predicted octanol–water partition coefficient (Wildman–Crippen LogP) is 2.94. The molecule has 0 saturated carbocycles. The molecule has 0 aromatic carbocycles. The van der Waals surface area contributed by atoms with Gasteiger partial charge in [0.1, 0.15) is 0 Å². The van der Waals surface area contributed by atoms with Crippen LogP contribution < -0.4 is 10.6 Å². The highest BCUT2D eigenvalue weighted by atomic mass is 127. The van der Waals surface area contributed by atoms with E-state index in [1.165, 1.54) is 0 Å². The molecule has 0 radical (unpaired) electrons. The van der Waals surface area contributed by atoms with Crippen molar-refractivity contribution in [2.45, 2.75) is 52.7 Å². The molecule has 0 saturated heterocycles. The van der Waals surface area contributed by atoms with E-state index in [0.717, 1.165) is 25.3 Å². The van der Waals surface area contributed by atoms with Gasteiger partial charge < -0.3 is 15.4 Å². The summed E-state index contributed by atoms with van der Waals surface area (Å²) in [5.41, 5.74) is 0.102. The zero-order valence-electron chi connectivity index (χ0n) is 13.4. The summed E-state index contributed by atoms with van der Waals surface area (Å²) in [6.45, 7) is 10.2. The first-order valence-corrected chi connectivity index (χ1v) is 7.20. The molecule has 20 heavy (non-hydrogen) atoms. The van der Waals surface area contributed by atoms with Gasteiger partial charge in [-0.15, -0.1) is 24.0 Å². The Bertz CT molecular complexity index is 316. The van der Waals surface area contributed by atoms with Crippen molar-refractivity contribution in [1.29, 1.82) is 0 Å². The Hall–Kier alpha value is -0.300. The van der Waals surface area contributed by atoms with E-state index in [2.05, 4.69) is 55.5 Å². The van der Waals surface area contributed by atoms with E-state index >= 15 is 0 Å². The van der Waals surface area contributed by atoms with Crippen LogP contribution in [-0.4, -0.2) is 38.3 Å². The monoisotopic (exact) mass is 395 g/mol. The van der Waals surface area contributed by atoms with Crippen LogP contribution in [0.5, 0.6) is 0 Å². The summed E-state index contributed by atoms with van der Waals surface area (Å²) in [7, 11) is 1.76. The first-order chi connectivity index (χ1) is 8.97. The molecule has 1 unspecified atom stereocenters. The zero-order valence-corrected chi connectivity index (χ0v) is 15.7. The second kappa shape index (κ2) is 9.60. The van der Waals surface area contributed by atoms with Gasteiger partial charge in [0.05, 0.1) is 12.6 Å². The number of nitrogens with zero attached hydrogens (tertiary/aromatic N) is 1. The summed E-state index contributed by atoms with van der Waals surface area (Å²) in [4.78, 5) is 4.66. The quantitative estimate of drug-likeness (QED) is 0.326. The van der Waals surface area contributed by atoms with Crippen LogP contribution in [-0.2, 0) is 4.74 Å². The predicted molar refractivity (Wildman–Crippen MR) is 96.9 cm³/mol. The molecule has 0 aromatic rings. The lowest BCUT2D eigenvalue weighted by atomic mass is 9.89. The van der Waals surface area contributed by atoms with Crippen LogP contribution in [0.25, 0.3) is 0 Å². The van der Waals surface area contributed by atoms with Crippen LogP contribution >= 0.6 is 24.0 Å². The Morgan fingerprint density at radius 3 is 2.40 bits per heavy atom. The van der Waals surface area contributed by atoms with Gasteiger partial charge in [0.25, 0.3) is 0 Å². The molecule has 5 heteroatoms. The van der Waals surface area contributed by atoms with Crippen molar-refractivity contribution in [3.63, 3.8) is 0 Å². The van der Waals surface area contributed by atoms with Gasteiger partial charge in [-0.3, -0.25) is 4.99 Å². The first kappa shape index (κ1) is 19.7. The van der Waals surface area contributed by atoms with Gasteiger partial charge in [0, 0.05) is 19.7 Å². The highest BCUT2D eigenvalue weighted by Gasteiger charge is 2.24. The molecule has 2 N–H and O–H groups in total. The molecular weight excluding hydrogens is 365 g/mol. The summed E-state index contributed by atoms with van der Waals surface area (Å²) < 4.78 is 5.54. The third kappa shape index (κ3) is 6.92. The maximum atomic E-state index is 5.54. The molecule has 0 heterocycles. The number of rotatable bonds is 5. The fraction of sp³-hybridized carbons (Fsp3) is 0.800. The molecule has 0 aromatic heterocycles. The average Bonchev–Trinajstić information content (AvgIpc) is 2.81. The van der Waals surface area contributed by atoms with E-state index in [4.69, 9.17) is 4.74 Å². The number of aliphatic imine (C=N–C) groups is 1. The Morgan fingerprint density at radius 1 is 1.35 bits per heavy atom. The largest absolute Gasteiger partial charge is 0.379 e. The molecule has 0 fully saturated rings. The topological polar surface area (TPSA) is 45.7 Å². The summed E-state index contributed by atoms with van der Waals surface area (Å²) in [6, 6.07) is 0.480. The molecule has 1 rings (SSSR count). The maximum Gasteiger partial charge on any atom is 0.191 e. The maximum absolute atomic E-state index is 5.54. The second-order valence-corrected chi connectivity index (χ2v) is 6.09. The summed E-state index contributed by atoms with van der Waals surface area (Å²) >= 11 is 0. The highest BCUT2D eigenvalue weighted by molar-refractivity contribution is 14.0. The first-order valence-electron chi connectivity index (χ1n) is 7.20. The van der Waals surface area contributed by atoms with Crippen molar-refractivity contribution >= 4 is 29.9 Å².